The lowest BCUT2D eigenvalue weighted by Gasteiger charge is -2.13. The fourth-order valence-corrected chi connectivity index (χ4v) is 3.52. The van der Waals surface area contributed by atoms with E-state index in [9.17, 15) is 9.90 Å². The highest BCUT2D eigenvalue weighted by atomic mass is 32.1. The van der Waals surface area contributed by atoms with Gasteiger partial charge in [-0.25, -0.2) is 4.98 Å². The van der Waals surface area contributed by atoms with Crippen molar-refractivity contribution in [2.45, 2.75) is 38.7 Å². The number of aliphatic hydroxyl groups is 1. The number of aromatic nitrogens is 1. The number of hydrogen-bond donors (Lipinski definition) is 3. The Morgan fingerprint density at radius 1 is 1.57 bits per heavy atom. The van der Waals surface area contributed by atoms with Crippen LogP contribution >= 0.6 is 11.3 Å². The Hall–Kier alpha value is -1.34. The highest BCUT2D eigenvalue weighted by Crippen LogP contribution is 2.28. The van der Waals surface area contributed by atoms with Gasteiger partial charge in [0.05, 0.1) is 6.10 Å². The van der Waals surface area contributed by atoms with Crippen molar-refractivity contribution in [2.24, 2.45) is 5.92 Å². The second-order valence-electron chi connectivity index (χ2n) is 5.68. The maximum Gasteiger partial charge on any atom is 0.265 e. The van der Waals surface area contributed by atoms with E-state index >= 15 is 0 Å². The molecule has 1 aromatic rings. The van der Waals surface area contributed by atoms with Gasteiger partial charge in [-0.2, -0.15) is 0 Å². The summed E-state index contributed by atoms with van der Waals surface area (Å²) in [5.74, 6) is 0.491. The predicted octanol–water partition coefficient (Wildman–Crippen LogP) is 1.46. The minimum atomic E-state index is -0.213. The van der Waals surface area contributed by atoms with E-state index in [4.69, 9.17) is 5.73 Å². The van der Waals surface area contributed by atoms with Gasteiger partial charge in [-0.05, 0) is 31.6 Å². The number of nitrogens with zero attached hydrogens (tertiary/aromatic N) is 2. The highest BCUT2D eigenvalue weighted by Gasteiger charge is 2.24. The summed E-state index contributed by atoms with van der Waals surface area (Å²) in [6.45, 7) is 3.57. The monoisotopic (exact) mass is 312 g/mol. The molecule has 1 aliphatic rings. The van der Waals surface area contributed by atoms with Crippen molar-refractivity contribution in [2.75, 3.05) is 30.8 Å². The number of nitrogen functional groups attached to an aromatic ring is 1. The zero-order valence-corrected chi connectivity index (χ0v) is 13.4. The predicted molar refractivity (Wildman–Crippen MR) is 85.8 cm³/mol. The standard InChI is InChI=1S/C14H24N4O2S/c1-3-6-18(2)14-17-12(15)11(21-14)13(20)16-8-9-4-5-10(19)7-9/h9-10,19H,3-8,15H2,1-2H3,(H,16,20). The molecule has 0 radical (unpaired) electrons. The van der Waals surface area contributed by atoms with E-state index in [2.05, 4.69) is 17.2 Å². The highest BCUT2D eigenvalue weighted by molar-refractivity contribution is 7.18. The molecule has 1 aromatic heterocycles. The molecule has 1 fully saturated rings. The first-order valence-corrected chi connectivity index (χ1v) is 8.26. The van der Waals surface area contributed by atoms with Crippen molar-refractivity contribution < 1.29 is 9.90 Å². The summed E-state index contributed by atoms with van der Waals surface area (Å²) in [5.41, 5.74) is 5.85. The summed E-state index contributed by atoms with van der Waals surface area (Å²) in [5, 5.41) is 13.2. The smallest absolute Gasteiger partial charge is 0.265 e. The van der Waals surface area contributed by atoms with Crippen LogP contribution in [0.5, 0.6) is 0 Å². The molecule has 0 aromatic carbocycles. The third kappa shape index (κ3) is 4.07. The zero-order valence-electron chi connectivity index (χ0n) is 12.6. The van der Waals surface area contributed by atoms with E-state index in [1.165, 1.54) is 11.3 Å². The number of aliphatic hydroxyl groups excluding tert-OH is 1. The molecule has 1 saturated carbocycles. The van der Waals surface area contributed by atoms with Gasteiger partial charge in [0.2, 0.25) is 0 Å². The van der Waals surface area contributed by atoms with E-state index in [1.807, 2.05) is 11.9 Å². The van der Waals surface area contributed by atoms with E-state index in [-0.39, 0.29) is 12.0 Å². The molecule has 2 atom stereocenters. The van der Waals surface area contributed by atoms with Gasteiger partial charge in [0.1, 0.15) is 10.7 Å². The number of thiazole rings is 1. The largest absolute Gasteiger partial charge is 0.393 e. The number of nitrogens with one attached hydrogen (secondary N) is 1. The SMILES string of the molecule is CCCN(C)c1nc(N)c(C(=O)NCC2CCC(O)C2)s1. The van der Waals surface area contributed by atoms with Crippen LogP contribution in [-0.4, -0.2) is 42.2 Å². The molecular formula is C14H24N4O2S. The third-order valence-electron chi connectivity index (χ3n) is 3.80. The van der Waals surface area contributed by atoms with Crippen LogP contribution in [-0.2, 0) is 0 Å². The molecule has 0 spiro atoms. The van der Waals surface area contributed by atoms with Crippen LogP contribution in [0.25, 0.3) is 0 Å². The third-order valence-corrected chi connectivity index (χ3v) is 4.98. The maximum atomic E-state index is 12.2. The molecule has 118 valence electrons. The number of carbonyl (C=O) groups excluding carboxylic acids is 1. The molecule has 0 aliphatic heterocycles. The van der Waals surface area contributed by atoms with Gasteiger partial charge < -0.3 is 21.1 Å². The normalized spacial score (nSPS) is 21.5. The average Bonchev–Trinajstić information content (AvgIpc) is 3.02. The Bertz CT molecular complexity index is 491. The summed E-state index contributed by atoms with van der Waals surface area (Å²) in [7, 11) is 1.95. The maximum absolute atomic E-state index is 12.2. The van der Waals surface area contributed by atoms with Gasteiger partial charge >= 0.3 is 0 Å². The number of carbonyl (C=O) groups is 1. The Balaban J connectivity index is 1.92. The number of rotatable bonds is 6. The van der Waals surface area contributed by atoms with Crippen LogP contribution in [0, 0.1) is 5.92 Å². The summed E-state index contributed by atoms with van der Waals surface area (Å²) < 4.78 is 0. The fourth-order valence-electron chi connectivity index (χ4n) is 2.63. The summed E-state index contributed by atoms with van der Waals surface area (Å²) in [4.78, 5) is 18.9. The average molecular weight is 312 g/mol. The lowest BCUT2D eigenvalue weighted by atomic mass is 10.1. The molecule has 2 rings (SSSR count). The van der Waals surface area contributed by atoms with Crippen molar-refractivity contribution >= 4 is 28.2 Å². The van der Waals surface area contributed by atoms with Gasteiger partial charge in [-0.15, -0.1) is 0 Å². The van der Waals surface area contributed by atoms with Crippen molar-refractivity contribution in [3.63, 3.8) is 0 Å². The topological polar surface area (TPSA) is 91.5 Å². The van der Waals surface area contributed by atoms with Gasteiger partial charge in [0.15, 0.2) is 5.13 Å². The Kier molecular flexibility index (Phi) is 5.41. The molecule has 0 bridgehead atoms. The van der Waals surface area contributed by atoms with Crippen LogP contribution in [0.1, 0.15) is 42.3 Å². The number of anilines is 2. The summed E-state index contributed by atoms with van der Waals surface area (Å²) >= 11 is 1.33. The van der Waals surface area contributed by atoms with Crippen molar-refractivity contribution in [1.82, 2.24) is 10.3 Å². The lowest BCUT2D eigenvalue weighted by molar-refractivity contribution is 0.0950. The van der Waals surface area contributed by atoms with Crippen LogP contribution in [0.2, 0.25) is 0 Å². The molecule has 7 heteroatoms. The molecule has 4 N–H and O–H groups in total. The number of amides is 1. The summed E-state index contributed by atoms with van der Waals surface area (Å²) in [6, 6.07) is 0. The van der Waals surface area contributed by atoms with Crippen LogP contribution in [0.4, 0.5) is 10.9 Å². The Morgan fingerprint density at radius 3 is 2.95 bits per heavy atom. The molecule has 0 saturated heterocycles. The molecular weight excluding hydrogens is 288 g/mol. The van der Waals surface area contributed by atoms with Gasteiger partial charge in [-0.3, -0.25) is 4.79 Å². The minimum absolute atomic E-state index is 0.164. The van der Waals surface area contributed by atoms with Crippen LogP contribution in [0.3, 0.4) is 0 Å². The van der Waals surface area contributed by atoms with Crippen LogP contribution in [0.15, 0.2) is 0 Å². The second kappa shape index (κ2) is 7.09. The zero-order chi connectivity index (χ0) is 15.4. The van der Waals surface area contributed by atoms with E-state index < -0.39 is 0 Å². The van der Waals surface area contributed by atoms with Crippen molar-refractivity contribution in [3.8, 4) is 0 Å². The van der Waals surface area contributed by atoms with E-state index in [0.717, 1.165) is 37.4 Å². The molecule has 21 heavy (non-hydrogen) atoms. The number of hydrogen-bond acceptors (Lipinski definition) is 6. The number of nitrogens with two attached hydrogens (primary N) is 1. The van der Waals surface area contributed by atoms with E-state index in [1.54, 1.807) is 0 Å². The first kappa shape index (κ1) is 16.0. The van der Waals surface area contributed by atoms with Crippen molar-refractivity contribution in [3.05, 3.63) is 4.88 Å². The quantitative estimate of drug-likeness (QED) is 0.740. The first-order valence-electron chi connectivity index (χ1n) is 7.45. The minimum Gasteiger partial charge on any atom is -0.393 e. The molecule has 6 nitrogen and oxygen atoms in total. The first-order chi connectivity index (χ1) is 10.0. The van der Waals surface area contributed by atoms with Gasteiger partial charge in [-0.1, -0.05) is 18.3 Å². The summed E-state index contributed by atoms with van der Waals surface area (Å²) in [6.07, 6.45) is 3.36. The Labute approximate surface area is 129 Å². The fraction of sp³-hybridized carbons (Fsp3) is 0.714. The lowest BCUT2D eigenvalue weighted by Crippen LogP contribution is -2.28. The van der Waals surface area contributed by atoms with Crippen LogP contribution < -0.4 is 16.0 Å². The van der Waals surface area contributed by atoms with Gasteiger partial charge in [0, 0.05) is 20.1 Å². The van der Waals surface area contributed by atoms with Crippen molar-refractivity contribution in [1.29, 1.82) is 0 Å². The van der Waals surface area contributed by atoms with Gasteiger partial charge in [0.25, 0.3) is 5.91 Å². The molecule has 1 aliphatic carbocycles. The second-order valence-corrected chi connectivity index (χ2v) is 6.65. The molecule has 2 unspecified atom stereocenters. The molecule has 1 heterocycles. The molecule has 1 amide bonds. The van der Waals surface area contributed by atoms with E-state index in [0.29, 0.717) is 23.2 Å². The Morgan fingerprint density at radius 2 is 2.33 bits per heavy atom.